The summed E-state index contributed by atoms with van der Waals surface area (Å²) in [7, 11) is 4.87. The Hall–Kier alpha value is -2.11. The van der Waals surface area contributed by atoms with Crippen molar-refractivity contribution in [1.82, 2.24) is 10.6 Å². The van der Waals surface area contributed by atoms with Gasteiger partial charge in [-0.05, 0) is 50.7 Å². The van der Waals surface area contributed by atoms with Crippen molar-refractivity contribution in [1.29, 1.82) is 0 Å². The molecule has 0 bridgehead atoms. The van der Waals surface area contributed by atoms with Crippen LogP contribution in [0.4, 0.5) is 0 Å². The van der Waals surface area contributed by atoms with Crippen molar-refractivity contribution in [3.63, 3.8) is 0 Å². The van der Waals surface area contributed by atoms with Crippen LogP contribution in [0.5, 0.6) is 17.2 Å². The van der Waals surface area contributed by atoms with Crippen molar-refractivity contribution >= 4 is 5.96 Å². The zero-order chi connectivity index (χ0) is 18.9. The fourth-order valence-corrected chi connectivity index (χ4v) is 3.37. The summed E-state index contributed by atoms with van der Waals surface area (Å²) in [6.07, 6.45) is 4.96. The van der Waals surface area contributed by atoms with Gasteiger partial charge in [0.2, 0.25) is 5.75 Å². The highest BCUT2D eigenvalue weighted by atomic mass is 16.5. The molecule has 0 spiro atoms. The predicted molar refractivity (Wildman–Crippen MR) is 105 cm³/mol. The smallest absolute Gasteiger partial charge is 0.203 e. The third-order valence-corrected chi connectivity index (χ3v) is 4.89. The molecule has 2 rings (SSSR count). The lowest BCUT2D eigenvalue weighted by Gasteiger charge is -2.28. The predicted octanol–water partition coefficient (Wildman–Crippen LogP) is 3.35. The van der Waals surface area contributed by atoms with Gasteiger partial charge < -0.3 is 24.8 Å². The lowest BCUT2D eigenvalue weighted by molar-refractivity contribution is 0.322. The van der Waals surface area contributed by atoms with Crippen molar-refractivity contribution in [3.05, 3.63) is 17.7 Å². The van der Waals surface area contributed by atoms with Crippen molar-refractivity contribution in [2.24, 2.45) is 10.9 Å². The number of benzene rings is 1. The van der Waals surface area contributed by atoms with E-state index < -0.39 is 0 Å². The number of methoxy groups -OCH3 is 3. The molecule has 0 atom stereocenters. The van der Waals surface area contributed by atoms with Gasteiger partial charge in [0.25, 0.3) is 0 Å². The van der Waals surface area contributed by atoms with E-state index >= 15 is 0 Å². The van der Waals surface area contributed by atoms with E-state index in [-0.39, 0.29) is 0 Å². The molecule has 0 radical (unpaired) electrons. The van der Waals surface area contributed by atoms with Gasteiger partial charge in [-0.1, -0.05) is 6.92 Å². The van der Waals surface area contributed by atoms with Gasteiger partial charge in [0.1, 0.15) is 0 Å². The van der Waals surface area contributed by atoms with E-state index in [1.165, 1.54) is 25.7 Å². The van der Waals surface area contributed by atoms with E-state index in [1.54, 1.807) is 21.3 Å². The Morgan fingerprint density at radius 2 is 1.73 bits per heavy atom. The maximum absolute atomic E-state index is 5.55. The van der Waals surface area contributed by atoms with Crippen LogP contribution in [0.25, 0.3) is 0 Å². The fraction of sp³-hybridized carbons (Fsp3) is 0.650. The first-order valence-electron chi connectivity index (χ1n) is 9.45. The summed E-state index contributed by atoms with van der Waals surface area (Å²) in [5.41, 5.74) is 0.958. The highest BCUT2D eigenvalue weighted by Crippen LogP contribution is 2.39. The molecule has 0 amide bonds. The Kier molecular flexibility index (Phi) is 7.88. The first kappa shape index (κ1) is 20.2. The highest BCUT2D eigenvalue weighted by Gasteiger charge is 2.19. The third kappa shape index (κ3) is 5.19. The Bertz CT molecular complexity index is 596. The second-order valence-corrected chi connectivity index (χ2v) is 6.79. The normalized spacial score (nSPS) is 20.4. The summed E-state index contributed by atoms with van der Waals surface area (Å²) in [6, 6.07) is 4.35. The van der Waals surface area contributed by atoms with Crippen LogP contribution in [0.15, 0.2) is 17.1 Å². The Morgan fingerprint density at radius 1 is 1.04 bits per heavy atom. The number of ether oxygens (including phenoxy) is 3. The van der Waals surface area contributed by atoms with Crippen LogP contribution in [-0.2, 0) is 6.54 Å². The van der Waals surface area contributed by atoms with Gasteiger partial charge in [0.15, 0.2) is 17.5 Å². The standard InChI is InChI=1S/C20H33N3O3/c1-6-21-20(23-16-10-7-14(2)8-11-16)22-13-15-9-12-17(24-3)19(26-5)18(15)25-4/h9,12,14,16H,6-8,10-11,13H2,1-5H3,(H2,21,22,23). The van der Waals surface area contributed by atoms with Crippen LogP contribution < -0.4 is 24.8 Å². The lowest BCUT2D eigenvalue weighted by Crippen LogP contribution is -2.44. The van der Waals surface area contributed by atoms with E-state index in [0.29, 0.717) is 29.8 Å². The molecule has 1 aromatic carbocycles. The van der Waals surface area contributed by atoms with E-state index in [9.17, 15) is 0 Å². The summed E-state index contributed by atoms with van der Waals surface area (Å²) < 4.78 is 16.3. The second kappa shape index (κ2) is 10.1. The SMILES string of the molecule is CCNC(=NCc1ccc(OC)c(OC)c1OC)NC1CCC(C)CC1. The van der Waals surface area contributed by atoms with Crippen molar-refractivity contribution in [3.8, 4) is 17.2 Å². The van der Waals surface area contributed by atoms with Crippen molar-refractivity contribution in [2.75, 3.05) is 27.9 Å². The molecular formula is C20H33N3O3. The number of guanidine groups is 1. The molecular weight excluding hydrogens is 330 g/mol. The van der Waals surface area contributed by atoms with Gasteiger partial charge >= 0.3 is 0 Å². The number of aliphatic imine (C=N–C) groups is 1. The van der Waals surface area contributed by atoms with Crippen LogP contribution in [0.1, 0.15) is 45.1 Å². The average molecular weight is 364 g/mol. The van der Waals surface area contributed by atoms with Gasteiger partial charge in [0.05, 0.1) is 27.9 Å². The number of nitrogens with zero attached hydrogens (tertiary/aromatic N) is 1. The second-order valence-electron chi connectivity index (χ2n) is 6.79. The molecule has 1 aliphatic carbocycles. The summed E-state index contributed by atoms with van der Waals surface area (Å²) >= 11 is 0. The largest absolute Gasteiger partial charge is 0.493 e. The van der Waals surface area contributed by atoms with Gasteiger partial charge in [-0.2, -0.15) is 0 Å². The maximum Gasteiger partial charge on any atom is 0.203 e. The summed E-state index contributed by atoms with van der Waals surface area (Å²) in [5.74, 6) is 3.60. The van der Waals surface area contributed by atoms with Crippen LogP contribution in [0.3, 0.4) is 0 Å². The Balaban J connectivity index is 2.13. The van der Waals surface area contributed by atoms with Crippen LogP contribution in [0.2, 0.25) is 0 Å². The molecule has 1 aromatic rings. The van der Waals surface area contributed by atoms with E-state index in [2.05, 4.69) is 24.5 Å². The number of hydrogen-bond donors (Lipinski definition) is 2. The quantitative estimate of drug-likeness (QED) is 0.575. The molecule has 0 heterocycles. The van der Waals surface area contributed by atoms with Gasteiger partial charge in [0, 0.05) is 18.2 Å². The molecule has 2 N–H and O–H groups in total. The minimum Gasteiger partial charge on any atom is -0.493 e. The molecule has 6 heteroatoms. The van der Waals surface area contributed by atoms with Gasteiger partial charge in [-0.25, -0.2) is 4.99 Å². The summed E-state index contributed by atoms with van der Waals surface area (Å²) in [4.78, 5) is 4.75. The van der Waals surface area contributed by atoms with E-state index in [0.717, 1.165) is 24.0 Å². The molecule has 26 heavy (non-hydrogen) atoms. The molecule has 0 unspecified atom stereocenters. The lowest BCUT2D eigenvalue weighted by atomic mass is 9.87. The molecule has 1 saturated carbocycles. The third-order valence-electron chi connectivity index (χ3n) is 4.89. The molecule has 0 aliphatic heterocycles. The van der Waals surface area contributed by atoms with Gasteiger partial charge in [-0.3, -0.25) is 0 Å². The molecule has 1 aliphatic rings. The number of hydrogen-bond acceptors (Lipinski definition) is 4. The average Bonchev–Trinajstić information content (AvgIpc) is 2.67. The zero-order valence-corrected chi connectivity index (χ0v) is 16.7. The zero-order valence-electron chi connectivity index (χ0n) is 16.7. The molecule has 0 aromatic heterocycles. The van der Waals surface area contributed by atoms with Crippen LogP contribution in [0, 0.1) is 5.92 Å². The highest BCUT2D eigenvalue weighted by molar-refractivity contribution is 5.80. The topological polar surface area (TPSA) is 64.1 Å². The molecule has 0 saturated heterocycles. The first-order chi connectivity index (χ1) is 12.6. The number of rotatable bonds is 7. The fourth-order valence-electron chi connectivity index (χ4n) is 3.37. The van der Waals surface area contributed by atoms with Crippen LogP contribution >= 0.6 is 0 Å². The Labute approximate surface area is 157 Å². The monoisotopic (exact) mass is 363 g/mol. The molecule has 6 nitrogen and oxygen atoms in total. The van der Waals surface area contributed by atoms with E-state index in [4.69, 9.17) is 19.2 Å². The van der Waals surface area contributed by atoms with Crippen LogP contribution in [-0.4, -0.2) is 39.9 Å². The Morgan fingerprint density at radius 3 is 2.31 bits per heavy atom. The maximum atomic E-state index is 5.55. The van der Waals surface area contributed by atoms with Crippen molar-refractivity contribution in [2.45, 2.75) is 52.1 Å². The first-order valence-corrected chi connectivity index (χ1v) is 9.45. The minimum atomic E-state index is 0.497. The molecule has 146 valence electrons. The minimum absolute atomic E-state index is 0.497. The van der Waals surface area contributed by atoms with Crippen molar-refractivity contribution < 1.29 is 14.2 Å². The summed E-state index contributed by atoms with van der Waals surface area (Å²) in [5, 5.41) is 6.92. The molecule has 1 fully saturated rings. The van der Waals surface area contributed by atoms with E-state index in [1.807, 2.05) is 12.1 Å². The van der Waals surface area contributed by atoms with Gasteiger partial charge in [-0.15, -0.1) is 0 Å². The summed E-state index contributed by atoms with van der Waals surface area (Å²) in [6.45, 7) is 5.75. The number of nitrogens with one attached hydrogen (secondary N) is 2.